The van der Waals surface area contributed by atoms with Gasteiger partial charge in [-0.15, -0.1) is 11.3 Å². The van der Waals surface area contributed by atoms with E-state index in [0.717, 1.165) is 17.4 Å². The lowest BCUT2D eigenvalue weighted by atomic mass is 10.1. The number of fused-ring (bicyclic) bond motifs is 1. The molecule has 2 aromatic heterocycles. The number of nitrogens with one attached hydrogen (secondary N) is 1. The number of benzene rings is 2. The Labute approximate surface area is 172 Å². The number of anilines is 2. The van der Waals surface area contributed by atoms with Gasteiger partial charge in [-0.3, -0.25) is 4.79 Å². The van der Waals surface area contributed by atoms with Crippen LogP contribution in [0.2, 0.25) is 0 Å². The molecular weight excluding hydrogens is 418 g/mol. The van der Waals surface area contributed by atoms with Crippen LogP contribution in [-0.2, 0) is 6.18 Å². The smallest absolute Gasteiger partial charge is 0.397 e. The summed E-state index contributed by atoms with van der Waals surface area (Å²) in [6.45, 7) is 0. The van der Waals surface area contributed by atoms with Crippen molar-refractivity contribution in [2.45, 2.75) is 6.18 Å². The van der Waals surface area contributed by atoms with Crippen LogP contribution in [0.5, 0.6) is 0 Å². The third-order valence-corrected chi connectivity index (χ3v) is 5.53. The highest BCUT2D eigenvalue weighted by atomic mass is 32.1. The number of nitrogens with two attached hydrogens (primary N) is 1. The number of amides is 1. The summed E-state index contributed by atoms with van der Waals surface area (Å²) < 4.78 is 52.6. The molecule has 4 nitrogen and oxygen atoms in total. The van der Waals surface area contributed by atoms with E-state index in [2.05, 4.69) is 10.3 Å². The van der Waals surface area contributed by atoms with Crippen LogP contribution in [0.4, 0.5) is 28.9 Å². The third-order valence-electron chi connectivity index (χ3n) is 4.42. The van der Waals surface area contributed by atoms with Crippen molar-refractivity contribution in [1.82, 2.24) is 4.98 Å². The molecule has 0 atom stereocenters. The number of carbonyl (C=O) groups excluding carboxylic acids is 1. The minimum Gasteiger partial charge on any atom is -0.397 e. The van der Waals surface area contributed by atoms with Crippen molar-refractivity contribution in [3.63, 3.8) is 0 Å². The number of thiophene rings is 1. The minimum absolute atomic E-state index is 0.0609. The number of hydrogen-bond acceptors (Lipinski definition) is 4. The zero-order valence-electron chi connectivity index (χ0n) is 15.1. The lowest BCUT2D eigenvalue weighted by Crippen LogP contribution is -2.16. The Kier molecular flexibility index (Phi) is 4.90. The lowest BCUT2D eigenvalue weighted by molar-refractivity contribution is -0.136. The topological polar surface area (TPSA) is 68.0 Å². The predicted octanol–water partition coefficient (Wildman–Crippen LogP) is 5.96. The third kappa shape index (κ3) is 3.71. The van der Waals surface area contributed by atoms with E-state index in [9.17, 15) is 22.4 Å². The van der Waals surface area contributed by atoms with Crippen LogP contribution in [0, 0.1) is 5.82 Å². The Morgan fingerprint density at radius 1 is 1.00 bits per heavy atom. The summed E-state index contributed by atoms with van der Waals surface area (Å²) >= 11 is 0.973. The highest BCUT2D eigenvalue weighted by Gasteiger charge is 2.34. The van der Waals surface area contributed by atoms with Crippen molar-refractivity contribution in [2.75, 3.05) is 11.1 Å². The second kappa shape index (κ2) is 7.42. The van der Waals surface area contributed by atoms with Gasteiger partial charge in [-0.1, -0.05) is 12.1 Å². The van der Waals surface area contributed by atoms with Crippen LogP contribution in [0.1, 0.15) is 15.2 Å². The van der Waals surface area contributed by atoms with Crippen LogP contribution in [0.25, 0.3) is 21.5 Å². The molecule has 0 saturated heterocycles. The summed E-state index contributed by atoms with van der Waals surface area (Å²) in [7, 11) is 0. The molecule has 0 aliphatic heterocycles. The number of nitrogen functional groups attached to an aromatic ring is 1. The summed E-state index contributed by atoms with van der Waals surface area (Å²) in [4.78, 5) is 17.6. The SMILES string of the molecule is Nc1c(C(=O)Nc2ccccc2C(F)(F)F)sc2nc(-c3ccc(F)cc3)ccc12. The molecular formula is C21H13F4N3OS. The van der Waals surface area contributed by atoms with Gasteiger partial charge in [-0.2, -0.15) is 13.2 Å². The van der Waals surface area contributed by atoms with Crippen LogP contribution in [0.15, 0.2) is 60.7 Å². The van der Waals surface area contributed by atoms with Gasteiger partial charge < -0.3 is 11.1 Å². The average molecular weight is 431 g/mol. The van der Waals surface area contributed by atoms with Gasteiger partial charge >= 0.3 is 6.18 Å². The molecule has 2 heterocycles. The number of halogens is 4. The van der Waals surface area contributed by atoms with Gasteiger partial charge in [-0.25, -0.2) is 9.37 Å². The van der Waals surface area contributed by atoms with Crippen molar-refractivity contribution in [3.05, 3.63) is 76.9 Å². The van der Waals surface area contributed by atoms with E-state index in [1.165, 1.54) is 30.3 Å². The number of para-hydroxylation sites is 1. The van der Waals surface area contributed by atoms with Gasteiger partial charge in [-0.05, 0) is 48.5 Å². The second-order valence-corrected chi connectivity index (χ2v) is 7.40. The van der Waals surface area contributed by atoms with E-state index < -0.39 is 17.6 Å². The van der Waals surface area contributed by atoms with Gasteiger partial charge in [0.1, 0.15) is 15.5 Å². The van der Waals surface area contributed by atoms with Gasteiger partial charge in [0.15, 0.2) is 0 Å². The molecule has 4 rings (SSSR count). The predicted molar refractivity (Wildman–Crippen MR) is 109 cm³/mol. The second-order valence-electron chi connectivity index (χ2n) is 6.40. The maximum Gasteiger partial charge on any atom is 0.418 e. The number of alkyl halides is 3. The van der Waals surface area contributed by atoms with Crippen molar-refractivity contribution in [3.8, 4) is 11.3 Å². The Morgan fingerprint density at radius 2 is 1.70 bits per heavy atom. The largest absolute Gasteiger partial charge is 0.418 e. The molecule has 2 aromatic carbocycles. The molecule has 0 fully saturated rings. The van der Waals surface area contributed by atoms with E-state index in [1.54, 1.807) is 24.3 Å². The fraction of sp³-hybridized carbons (Fsp3) is 0.0476. The molecule has 0 spiro atoms. The fourth-order valence-corrected chi connectivity index (χ4v) is 3.95. The zero-order valence-corrected chi connectivity index (χ0v) is 15.9. The Balaban J connectivity index is 1.69. The van der Waals surface area contributed by atoms with Crippen LogP contribution >= 0.6 is 11.3 Å². The molecule has 9 heteroatoms. The van der Waals surface area contributed by atoms with E-state index in [4.69, 9.17) is 5.73 Å². The van der Waals surface area contributed by atoms with E-state index >= 15 is 0 Å². The number of nitrogens with zero attached hydrogens (tertiary/aromatic N) is 1. The molecule has 1 amide bonds. The number of rotatable bonds is 3. The summed E-state index contributed by atoms with van der Waals surface area (Å²) in [5.41, 5.74) is 6.12. The Bertz CT molecular complexity index is 1250. The fourth-order valence-electron chi connectivity index (χ4n) is 2.97. The molecule has 0 bridgehead atoms. The average Bonchev–Trinajstić information content (AvgIpc) is 3.04. The molecule has 0 aliphatic carbocycles. The van der Waals surface area contributed by atoms with Crippen LogP contribution in [0.3, 0.4) is 0 Å². The van der Waals surface area contributed by atoms with Crippen molar-refractivity contribution >= 4 is 38.8 Å². The Morgan fingerprint density at radius 3 is 2.40 bits per heavy atom. The molecule has 4 aromatic rings. The standard InChI is InChI=1S/C21H13F4N3OS/c22-12-7-5-11(6-8-12)15-10-9-13-17(26)18(30-20(13)28-15)19(29)27-16-4-2-1-3-14(16)21(23,24)25/h1-10H,26H2,(H,27,29). The maximum absolute atomic E-state index is 13.2. The van der Waals surface area contributed by atoms with E-state index in [1.807, 2.05) is 0 Å². The first-order valence-electron chi connectivity index (χ1n) is 8.66. The number of pyridine rings is 1. The van der Waals surface area contributed by atoms with Crippen LogP contribution < -0.4 is 11.1 Å². The number of aromatic nitrogens is 1. The summed E-state index contributed by atoms with van der Waals surface area (Å²) in [6, 6.07) is 13.8. The summed E-state index contributed by atoms with van der Waals surface area (Å²) in [6.07, 6.45) is -4.61. The number of carbonyl (C=O) groups is 1. The monoisotopic (exact) mass is 431 g/mol. The molecule has 152 valence electrons. The Hall–Kier alpha value is -3.46. The molecule has 30 heavy (non-hydrogen) atoms. The number of hydrogen-bond donors (Lipinski definition) is 2. The molecule has 3 N–H and O–H groups in total. The highest BCUT2D eigenvalue weighted by Crippen LogP contribution is 2.37. The molecule has 0 saturated carbocycles. The van der Waals surface area contributed by atoms with Gasteiger partial charge in [0.05, 0.1) is 22.6 Å². The molecule has 0 unspecified atom stereocenters. The molecule has 0 radical (unpaired) electrons. The van der Waals surface area contributed by atoms with E-state index in [-0.39, 0.29) is 22.1 Å². The van der Waals surface area contributed by atoms with Gasteiger partial charge in [0, 0.05) is 10.9 Å². The van der Waals surface area contributed by atoms with Gasteiger partial charge in [0.2, 0.25) is 0 Å². The normalized spacial score (nSPS) is 11.6. The summed E-state index contributed by atoms with van der Waals surface area (Å²) in [5.74, 6) is -1.13. The van der Waals surface area contributed by atoms with Crippen LogP contribution in [-0.4, -0.2) is 10.9 Å². The van der Waals surface area contributed by atoms with Crippen molar-refractivity contribution in [2.24, 2.45) is 0 Å². The minimum atomic E-state index is -4.61. The van der Waals surface area contributed by atoms with Crippen molar-refractivity contribution < 1.29 is 22.4 Å². The highest BCUT2D eigenvalue weighted by molar-refractivity contribution is 7.21. The van der Waals surface area contributed by atoms with E-state index in [0.29, 0.717) is 21.5 Å². The lowest BCUT2D eigenvalue weighted by Gasteiger charge is -2.13. The summed E-state index contributed by atoms with van der Waals surface area (Å²) in [5, 5.41) is 2.80. The first-order chi connectivity index (χ1) is 14.2. The van der Waals surface area contributed by atoms with Crippen molar-refractivity contribution in [1.29, 1.82) is 0 Å². The molecule has 0 aliphatic rings. The van der Waals surface area contributed by atoms with Gasteiger partial charge in [0.25, 0.3) is 5.91 Å². The maximum atomic E-state index is 13.2. The first-order valence-corrected chi connectivity index (χ1v) is 9.48. The quantitative estimate of drug-likeness (QED) is 0.394. The zero-order chi connectivity index (χ0) is 21.5. The first kappa shape index (κ1) is 19.8.